The van der Waals surface area contributed by atoms with E-state index in [0.717, 1.165) is 34.5 Å². The minimum atomic E-state index is -0.529. The van der Waals surface area contributed by atoms with Gasteiger partial charge in [0.25, 0.3) is 0 Å². The number of carbonyl (C=O) groups excluding carboxylic acids is 1. The van der Waals surface area contributed by atoms with Gasteiger partial charge in [-0.3, -0.25) is 9.88 Å². The van der Waals surface area contributed by atoms with Gasteiger partial charge >= 0.3 is 6.09 Å². The Bertz CT molecular complexity index is 976. The van der Waals surface area contributed by atoms with Crippen LogP contribution in [0.2, 0.25) is 0 Å². The number of nitrogens with one attached hydrogen (secondary N) is 2. The number of pyridine rings is 1. The molecule has 1 aliphatic rings. The Morgan fingerprint density at radius 3 is 2.82 bits per heavy atom. The number of hydrogen-bond donors (Lipinski definition) is 2. The number of ether oxygens (including phenoxy) is 1. The maximum atomic E-state index is 12.6. The summed E-state index contributed by atoms with van der Waals surface area (Å²) in [6.45, 7) is 7.58. The van der Waals surface area contributed by atoms with E-state index in [2.05, 4.69) is 25.3 Å². The smallest absolute Gasteiger partial charge is 0.410 e. The first-order valence-electron chi connectivity index (χ1n) is 9.37. The molecular weight excluding hydrogens is 356 g/mol. The molecule has 1 amide bonds. The van der Waals surface area contributed by atoms with Crippen LogP contribution in [0.1, 0.15) is 32.5 Å². The van der Waals surface area contributed by atoms with Gasteiger partial charge in [-0.15, -0.1) is 0 Å². The van der Waals surface area contributed by atoms with Gasteiger partial charge in [0.05, 0.1) is 17.4 Å². The highest BCUT2D eigenvalue weighted by Crippen LogP contribution is 2.27. The van der Waals surface area contributed by atoms with Crippen molar-refractivity contribution in [3.63, 3.8) is 0 Å². The second-order valence-corrected chi connectivity index (χ2v) is 7.83. The molecule has 3 aromatic rings. The lowest BCUT2D eigenvalue weighted by atomic mass is 10.1. The molecule has 0 radical (unpaired) electrons. The molecule has 0 bridgehead atoms. The number of carbonyl (C=O) groups is 1. The number of fused-ring (bicyclic) bond motifs is 1. The average molecular weight is 380 g/mol. The summed E-state index contributed by atoms with van der Waals surface area (Å²) in [7, 11) is 0. The van der Waals surface area contributed by atoms with Crippen LogP contribution < -0.4 is 5.32 Å². The summed E-state index contributed by atoms with van der Waals surface area (Å²) in [5.41, 5.74) is 2.82. The summed E-state index contributed by atoms with van der Waals surface area (Å²) in [5.74, 6) is 0. The van der Waals surface area contributed by atoms with Gasteiger partial charge in [0.1, 0.15) is 17.6 Å². The summed E-state index contributed by atoms with van der Waals surface area (Å²) >= 11 is 0. The molecule has 1 fully saturated rings. The molecule has 4 heterocycles. The Hall–Kier alpha value is -3.00. The number of amides is 1. The van der Waals surface area contributed by atoms with E-state index in [-0.39, 0.29) is 12.1 Å². The molecule has 2 N–H and O–H groups in total. The quantitative estimate of drug-likeness (QED) is 0.710. The van der Waals surface area contributed by atoms with Crippen molar-refractivity contribution in [1.82, 2.24) is 30.2 Å². The van der Waals surface area contributed by atoms with Crippen LogP contribution in [0.3, 0.4) is 0 Å². The van der Waals surface area contributed by atoms with Crippen LogP contribution in [-0.2, 0) is 4.74 Å². The lowest BCUT2D eigenvalue weighted by Gasteiger charge is -2.36. The molecule has 8 heteroatoms. The standard InChI is InChI=1S/C20H24N6O2/c1-20(2,3)28-19(27)26-9-8-21-11-16(26)15-5-4-13(10-23-15)17-14-6-7-22-18(14)25-12-24-17/h4-7,10,12,16,21H,8-9,11H2,1-3H3,(H,22,24,25). The summed E-state index contributed by atoms with van der Waals surface area (Å²) in [4.78, 5) is 30.7. The maximum absolute atomic E-state index is 12.6. The minimum Gasteiger partial charge on any atom is -0.444 e. The van der Waals surface area contributed by atoms with Gasteiger partial charge in [0.2, 0.25) is 0 Å². The van der Waals surface area contributed by atoms with Crippen LogP contribution in [0, 0.1) is 0 Å². The predicted octanol–water partition coefficient (Wildman–Crippen LogP) is 2.90. The number of aromatic nitrogens is 4. The zero-order valence-electron chi connectivity index (χ0n) is 16.3. The molecular formula is C20H24N6O2. The van der Waals surface area contributed by atoms with Crippen LogP contribution >= 0.6 is 0 Å². The van der Waals surface area contributed by atoms with Gasteiger partial charge in [0, 0.05) is 43.0 Å². The first-order valence-corrected chi connectivity index (χ1v) is 9.37. The zero-order chi connectivity index (χ0) is 19.7. The second-order valence-electron chi connectivity index (χ2n) is 7.83. The molecule has 4 rings (SSSR count). The fourth-order valence-corrected chi connectivity index (χ4v) is 3.35. The Kier molecular flexibility index (Phi) is 4.72. The van der Waals surface area contributed by atoms with Crippen molar-refractivity contribution in [2.24, 2.45) is 0 Å². The van der Waals surface area contributed by atoms with Gasteiger partial charge in [-0.25, -0.2) is 14.8 Å². The Morgan fingerprint density at radius 2 is 2.07 bits per heavy atom. The predicted molar refractivity (Wildman–Crippen MR) is 106 cm³/mol. The second kappa shape index (κ2) is 7.20. The Balaban J connectivity index is 1.60. The number of piperazine rings is 1. The third kappa shape index (κ3) is 3.68. The largest absolute Gasteiger partial charge is 0.444 e. The van der Waals surface area contributed by atoms with E-state index in [9.17, 15) is 4.79 Å². The topological polar surface area (TPSA) is 96.0 Å². The molecule has 0 spiro atoms. The summed E-state index contributed by atoms with van der Waals surface area (Å²) in [6.07, 6.45) is 4.87. The summed E-state index contributed by atoms with van der Waals surface area (Å²) in [5, 5.41) is 4.28. The molecule has 1 unspecified atom stereocenters. The van der Waals surface area contributed by atoms with E-state index in [1.54, 1.807) is 11.1 Å². The van der Waals surface area contributed by atoms with E-state index in [1.807, 2.05) is 45.2 Å². The third-order valence-corrected chi connectivity index (χ3v) is 4.63. The average Bonchev–Trinajstić information content (AvgIpc) is 3.16. The van der Waals surface area contributed by atoms with Crippen LogP contribution in [0.4, 0.5) is 4.79 Å². The highest BCUT2D eigenvalue weighted by Gasteiger charge is 2.32. The van der Waals surface area contributed by atoms with Crippen molar-refractivity contribution in [3.8, 4) is 11.3 Å². The third-order valence-electron chi connectivity index (χ3n) is 4.63. The molecule has 0 aromatic carbocycles. The lowest BCUT2D eigenvalue weighted by molar-refractivity contribution is 0.0113. The SMILES string of the molecule is CC(C)(C)OC(=O)N1CCNCC1c1ccc(-c2ncnc3[nH]ccc23)cn1. The van der Waals surface area contributed by atoms with Gasteiger partial charge < -0.3 is 15.0 Å². The van der Waals surface area contributed by atoms with E-state index in [0.29, 0.717) is 13.1 Å². The first-order chi connectivity index (χ1) is 13.4. The van der Waals surface area contributed by atoms with Crippen molar-refractivity contribution in [1.29, 1.82) is 0 Å². The monoisotopic (exact) mass is 380 g/mol. The zero-order valence-corrected chi connectivity index (χ0v) is 16.3. The molecule has 28 heavy (non-hydrogen) atoms. The number of rotatable bonds is 2. The number of aromatic amines is 1. The maximum Gasteiger partial charge on any atom is 0.410 e. The van der Waals surface area contributed by atoms with Crippen LogP contribution in [0.5, 0.6) is 0 Å². The van der Waals surface area contributed by atoms with Crippen LogP contribution in [-0.4, -0.2) is 56.2 Å². The molecule has 1 aliphatic heterocycles. The van der Waals surface area contributed by atoms with Crippen molar-refractivity contribution in [2.45, 2.75) is 32.4 Å². The van der Waals surface area contributed by atoms with Gasteiger partial charge in [-0.2, -0.15) is 0 Å². The fourth-order valence-electron chi connectivity index (χ4n) is 3.35. The number of H-pyrrole nitrogens is 1. The highest BCUT2D eigenvalue weighted by molar-refractivity contribution is 5.90. The number of hydrogen-bond acceptors (Lipinski definition) is 6. The lowest BCUT2D eigenvalue weighted by Crippen LogP contribution is -2.50. The van der Waals surface area contributed by atoms with Gasteiger partial charge in [0.15, 0.2) is 0 Å². The highest BCUT2D eigenvalue weighted by atomic mass is 16.6. The van der Waals surface area contributed by atoms with Crippen molar-refractivity contribution in [3.05, 3.63) is 42.6 Å². The number of nitrogens with zero attached hydrogens (tertiary/aromatic N) is 4. The molecule has 146 valence electrons. The first kappa shape index (κ1) is 18.4. The minimum absolute atomic E-state index is 0.171. The van der Waals surface area contributed by atoms with E-state index in [1.165, 1.54) is 6.33 Å². The Labute approximate surface area is 163 Å². The van der Waals surface area contributed by atoms with Crippen molar-refractivity contribution in [2.75, 3.05) is 19.6 Å². The molecule has 3 aromatic heterocycles. The normalized spacial score (nSPS) is 17.7. The van der Waals surface area contributed by atoms with Gasteiger partial charge in [-0.05, 0) is 39.0 Å². The molecule has 0 aliphatic carbocycles. The van der Waals surface area contributed by atoms with Crippen molar-refractivity contribution < 1.29 is 9.53 Å². The molecule has 1 atom stereocenters. The molecule has 8 nitrogen and oxygen atoms in total. The van der Waals surface area contributed by atoms with E-state index >= 15 is 0 Å². The Morgan fingerprint density at radius 1 is 1.21 bits per heavy atom. The van der Waals surface area contributed by atoms with Crippen LogP contribution in [0.25, 0.3) is 22.3 Å². The van der Waals surface area contributed by atoms with Crippen LogP contribution in [0.15, 0.2) is 36.9 Å². The molecule has 0 saturated carbocycles. The fraction of sp³-hybridized carbons (Fsp3) is 0.400. The van der Waals surface area contributed by atoms with E-state index < -0.39 is 5.60 Å². The summed E-state index contributed by atoms with van der Waals surface area (Å²) in [6, 6.07) is 5.72. The van der Waals surface area contributed by atoms with E-state index in [4.69, 9.17) is 4.74 Å². The molecule has 1 saturated heterocycles. The summed E-state index contributed by atoms with van der Waals surface area (Å²) < 4.78 is 5.57. The van der Waals surface area contributed by atoms with Crippen molar-refractivity contribution >= 4 is 17.1 Å². The van der Waals surface area contributed by atoms with Gasteiger partial charge in [-0.1, -0.05) is 0 Å².